The van der Waals surface area contributed by atoms with Gasteiger partial charge in [-0.05, 0) is 33.6 Å². The Kier molecular flexibility index (Phi) is 4.15. The van der Waals surface area contributed by atoms with Gasteiger partial charge in [-0.1, -0.05) is 0 Å². The Bertz CT molecular complexity index is 271. The fourth-order valence-electron chi connectivity index (χ4n) is 1.69. The minimum atomic E-state index is -0.443. The summed E-state index contributed by atoms with van der Waals surface area (Å²) < 4.78 is 5.31. The van der Waals surface area contributed by atoms with Crippen LogP contribution in [0.2, 0.25) is 0 Å². The van der Waals surface area contributed by atoms with Crippen molar-refractivity contribution in [2.75, 3.05) is 13.1 Å². The van der Waals surface area contributed by atoms with Gasteiger partial charge >= 0.3 is 6.09 Å². The molecule has 0 aromatic carbocycles. The van der Waals surface area contributed by atoms with Crippen molar-refractivity contribution in [2.24, 2.45) is 10.7 Å². The number of carbonyl (C=O) groups is 1. The Morgan fingerprint density at radius 3 is 2.81 bits per heavy atom. The highest BCUT2D eigenvalue weighted by atomic mass is 16.6. The number of rotatable bonds is 1. The second kappa shape index (κ2) is 5.18. The average Bonchev–Trinajstić information content (AvgIpc) is 2.16. The maximum Gasteiger partial charge on any atom is 0.410 e. The van der Waals surface area contributed by atoms with E-state index in [4.69, 9.17) is 10.5 Å². The SMILES string of the molecule is CC(C)(C)OC(=O)N1CCCC(N=CN)C1. The molecule has 2 N–H and O–H groups in total. The van der Waals surface area contributed by atoms with Crippen LogP contribution in [-0.4, -0.2) is 42.1 Å². The molecule has 1 atom stereocenters. The third-order valence-corrected chi connectivity index (χ3v) is 2.35. The summed E-state index contributed by atoms with van der Waals surface area (Å²) in [5, 5.41) is 0. The number of amides is 1. The molecular formula is C11H21N3O2. The maximum atomic E-state index is 11.8. The van der Waals surface area contributed by atoms with E-state index in [1.807, 2.05) is 20.8 Å². The van der Waals surface area contributed by atoms with Gasteiger partial charge in [-0.2, -0.15) is 0 Å². The Morgan fingerprint density at radius 2 is 2.25 bits per heavy atom. The molecule has 1 amide bonds. The van der Waals surface area contributed by atoms with Crippen molar-refractivity contribution in [3.05, 3.63) is 0 Å². The van der Waals surface area contributed by atoms with E-state index in [9.17, 15) is 4.79 Å². The quantitative estimate of drug-likeness (QED) is 0.543. The Morgan fingerprint density at radius 1 is 1.56 bits per heavy atom. The van der Waals surface area contributed by atoms with E-state index in [0.29, 0.717) is 6.54 Å². The molecule has 1 heterocycles. The molecule has 0 aromatic heterocycles. The highest BCUT2D eigenvalue weighted by Gasteiger charge is 2.26. The van der Waals surface area contributed by atoms with Crippen molar-refractivity contribution in [2.45, 2.75) is 45.3 Å². The first kappa shape index (κ1) is 12.8. The van der Waals surface area contributed by atoms with E-state index in [1.165, 1.54) is 6.34 Å². The van der Waals surface area contributed by atoms with Gasteiger partial charge in [0, 0.05) is 13.1 Å². The van der Waals surface area contributed by atoms with E-state index in [1.54, 1.807) is 4.90 Å². The summed E-state index contributed by atoms with van der Waals surface area (Å²) in [5.41, 5.74) is 4.81. The van der Waals surface area contributed by atoms with Crippen molar-refractivity contribution in [3.8, 4) is 0 Å². The molecule has 16 heavy (non-hydrogen) atoms. The Balaban J connectivity index is 2.50. The fraction of sp³-hybridized carbons (Fsp3) is 0.818. The summed E-state index contributed by atoms with van der Waals surface area (Å²) in [6.45, 7) is 6.94. The third-order valence-electron chi connectivity index (χ3n) is 2.35. The molecule has 0 spiro atoms. The monoisotopic (exact) mass is 227 g/mol. The van der Waals surface area contributed by atoms with Crippen LogP contribution in [-0.2, 0) is 4.74 Å². The van der Waals surface area contributed by atoms with Gasteiger partial charge in [0.15, 0.2) is 0 Å². The van der Waals surface area contributed by atoms with Crippen molar-refractivity contribution < 1.29 is 9.53 Å². The molecule has 1 saturated heterocycles. The van der Waals surface area contributed by atoms with Crippen LogP contribution in [0, 0.1) is 0 Å². The van der Waals surface area contributed by atoms with Crippen LogP contribution in [0.25, 0.3) is 0 Å². The lowest BCUT2D eigenvalue weighted by Gasteiger charge is -2.32. The molecule has 1 aliphatic heterocycles. The van der Waals surface area contributed by atoms with Crippen LogP contribution in [0.5, 0.6) is 0 Å². The second-order valence-electron chi connectivity index (χ2n) is 5.02. The number of piperidine rings is 1. The minimum absolute atomic E-state index is 0.117. The predicted molar refractivity (Wildman–Crippen MR) is 63.5 cm³/mol. The first-order valence-corrected chi connectivity index (χ1v) is 5.63. The molecule has 0 bridgehead atoms. The molecule has 92 valence electrons. The number of nitrogens with two attached hydrogens (primary N) is 1. The smallest absolute Gasteiger partial charge is 0.410 e. The molecule has 1 unspecified atom stereocenters. The zero-order valence-corrected chi connectivity index (χ0v) is 10.3. The van der Waals surface area contributed by atoms with Crippen LogP contribution >= 0.6 is 0 Å². The Labute approximate surface area is 96.7 Å². The molecular weight excluding hydrogens is 206 g/mol. The first-order valence-electron chi connectivity index (χ1n) is 5.63. The van der Waals surface area contributed by atoms with E-state index in [0.717, 1.165) is 19.4 Å². The van der Waals surface area contributed by atoms with Gasteiger partial charge in [0.1, 0.15) is 5.60 Å². The summed E-state index contributed by atoms with van der Waals surface area (Å²) in [6.07, 6.45) is 2.97. The lowest BCUT2D eigenvalue weighted by Crippen LogP contribution is -2.44. The molecule has 5 heteroatoms. The van der Waals surface area contributed by atoms with Crippen LogP contribution in [0.3, 0.4) is 0 Å². The van der Waals surface area contributed by atoms with Crippen LogP contribution in [0.15, 0.2) is 4.99 Å². The molecule has 0 aromatic rings. The molecule has 0 radical (unpaired) electrons. The number of ether oxygens (including phenoxy) is 1. The molecule has 1 fully saturated rings. The fourth-order valence-corrected chi connectivity index (χ4v) is 1.69. The first-order chi connectivity index (χ1) is 7.42. The predicted octanol–water partition coefficient (Wildman–Crippen LogP) is 1.37. The van der Waals surface area contributed by atoms with Gasteiger partial charge < -0.3 is 15.4 Å². The lowest BCUT2D eigenvalue weighted by atomic mass is 10.1. The highest BCUT2D eigenvalue weighted by Crippen LogP contribution is 2.16. The standard InChI is InChI=1S/C11H21N3O2/c1-11(2,3)16-10(15)14-6-4-5-9(7-14)13-8-12/h8-9H,4-7H2,1-3H3,(H2,12,13). The maximum absolute atomic E-state index is 11.8. The number of carbonyl (C=O) groups excluding carboxylic acids is 1. The van der Waals surface area contributed by atoms with Crippen molar-refractivity contribution in [1.29, 1.82) is 0 Å². The largest absolute Gasteiger partial charge is 0.444 e. The number of hydrogen-bond acceptors (Lipinski definition) is 3. The van der Waals surface area contributed by atoms with Gasteiger partial charge in [0.05, 0.1) is 12.4 Å². The minimum Gasteiger partial charge on any atom is -0.444 e. The van der Waals surface area contributed by atoms with Gasteiger partial charge in [0.2, 0.25) is 0 Å². The third kappa shape index (κ3) is 4.08. The van der Waals surface area contributed by atoms with Crippen LogP contribution < -0.4 is 5.73 Å². The highest BCUT2D eigenvalue weighted by molar-refractivity contribution is 5.68. The Hall–Kier alpha value is -1.26. The normalized spacial score (nSPS) is 22.4. The zero-order chi connectivity index (χ0) is 12.2. The molecule has 0 aliphatic carbocycles. The van der Waals surface area contributed by atoms with Crippen molar-refractivity contribution >= 4 is 12.4 Å². The molecule has 1 rings (SSSR count). The number of likely N-dealkylation sites (tertiary alicyclic amines) is 1. The van der Waals surface area contributed by atoms with Gasteiger partial charge in [-0.25, -0.2) is 4.79 Å². The molecule has 1 aliphatic rings. The topological polar surface area (TPSA) is 67.9 Å². The summed E-state index contributed by atoms with van der Waals surface area (Å²) in [7, 11) is 0. The summed E-state index contributed by atoms with van der Waals surface area (Å²) in [6, 6.07) is 0.117. The van der Waals surface area contributed by atoms with E-state index in [-0.39, 0.29) is 12.1 Å². The zero-order valence-electron chi connectivity index (χ0n) is 10.3. The molecule has 0 saturated carbocycles. The van der Waals surface area contributed by atoms with Gasteiger partial charge in [-0.3, -0.25) is 4.99 Å². The van der Waals surface area contributed by atoms with Gasteiger partial charge in [0.25, 0.3) is 0 Å². The summed E-state index contributed by atoms with van der Waals surface area (Å²) in [5.74, 6) is 0. The summed E-state index contributed by atoms with van der Waals surface area (Å²) in [4.78, 5) is 17.6. The molecule has 5 nitrogen and oxygen atoms in total. The lowest BCUT2D eigenvalue weighted by molar-refractivity contribution is 0.0201. The number of nitrogens with zero attached hydrogens (tertiary/aromatic N) is 2. The number of hydrogen-bond donors (Lipinski definition) is 1. The average molecular weight is 227 g/mol. The summed E-state index contributed by atoms with van der Waals surface area (Å²) >= 11 is 0. The van der Waals surface area contributed by atoms with E-state index < -0.39 is 5.60 Å². The van der Waals surface area contributed by atoms with Crippen LogP contribution in [0.1, 0.15) is 33.6 Å². The van der Waals surface area contributed by atoms with Crippen molar-refractivity contribution in [1.82, 2.24) is 4.90 Å². The van der Waals surface area contributed by atoms with E-state index in [2.05, 4.69) is 4.99 Å². The van der Waals surface area contributed by atoms with Crippen LogP contribution in [0.4, 0.5) is 4.79 Å². The second-order valence-corrected chi connectivity index (χ2v) is 5.02. The van der Waals surface area contributed by atoms with E-state index >= 15 is 0 Å². The van der Waals surface area contributed by atoms with Crippen molar-refractivity contribution in [3.63, 3.8) is 0 Å². The number of aliphatic imine (C=N–C) groups is 1. The van der Waals surface area contributed by atoms with Gasteiger partial charge in [-0.15, -0.1) is 0 Å².